The number of amides is 1. The first-order valence-corrected chi connectivity index (χ1v) is 6.71. The molecule has 1 aromatic carbocycles. The summed E-state index contributed by atoms with van der Waals surface area (Å²) in [7, 11) is 0. The molecule has 1 heterocycles. The smallest absolute Gasteiger partial charge is 0.270 e. The number of benzene rings is 1. The van der Waals surface area contributed by atoms with Crippen LogP contribution in [0.2, 0.25) is 0 Å². The molecule has 1 aliphatic heterocycles. The Hall–Kier alpha value is -2.11. The average Bonchev–Trinajstić information content (AvgIpc) is 2.37. The van der Waals surface area contributed by atoms with E-state index in [9.17, 15) is 14.9 Å². The van der Waals surface area contributed by atoms with Gasteiger partial charge in [0.15, 0.2) is 0 Å². The maximum absolute atomic E-state index is 12.5. The Kier molecular flexibility index (Phi) is 3.92. The molecule has 2 N–H and O–H groups in total. The van der Waals surface area contributed by atoms with Crippen molar-refractivity contribution in [1.82, 2.24) is 4.90 Å². The number of rotatable bonds is 2. The third-order valence-electron chi connectivity index (χ3n) is 3.63. The fourth-order valence-electron chi connectivity index (χ4n) is 2.84. The van der Waals surface area contributed by atoms with Gasteiger partial charge in [-0.1, -0.05) is 13.8 Å². The molecule has 6 nitrogen and oxygen atoms in total. The Bertz CT molecular complexity index is 534. The van der Waals surface area contributed by atoms with Crippen molar-refractivity contribution < 1.29 is 9.72 Å². The topological polar surface area (TPSA) is 89.5 Å². The predicted molar refractivity (Wildman–Crippen MR) is 76.4 cm³/mol. The zero-order valence-corrected chi connectivity index (χ0v) is 11.7. The molecule has 20 heavy (non-hydrogen) atoms. The number of nitrogen functional groups attached to an aromatic ring is 1. The SMILES string of the molecule is CC1CC(C)CN(C(=O)c2cc([N+](=O)[O-])ccc2N)C1. The summed E-state index contributed by atoms with van der Waals surface area (Å²) in [5.41, 5.74) is 6.19. The van der Waals surface area contributed by atoms with Gasteiger partial charge in [-0.15, -0.1) is 0 Å². The van der Waals surface area contributed by atoms with Crippen LogP contribution in [0, 0.1) is 22.0 Å². The van der Waals surface area contributed by atoms with Gasteiger partial charge in [-0.05, 0) is 24.3 Å². The summed E-state index contributed by atoms with van der Waals surface area (Å²) in [6.45, 7) is 5.55. The van der Waals surface area contributed by atoms with Crippen molar-refractivity contribution in [3.8, 4) is 0 Å². The number of piperidine rings is 1. The number of nitro groups is 1. The van der Waals surface area contributed by atoms with E-state index in [4.69, 9.17) is 5.73 Å². The molecule has 0 aromatic heterocycles. The van der Waals surface area contributed by atoms with Crippen LogP contribution in [-0.4, -0.2) is 28.8 Å². The zero-order chi connectivity index (χ0) is 14.9. The highest BCUT2D eigenvalue weighted by Gasteiger charge is 2.27. The second-order valence-corrected chi connectivity index (χ2v) is 5.68. The standard InChI is InChI=1S/C14H19N3O3/c1-9-5-10(2)8-16(7-9)14(18)12-6-11(17(19)20)3-4-13(12)15/h3-4,6,9-10H,5,7-8,15H2,1-2H3. The van der Waals surface area contributed by atoms with Crippen LogP contribution in [0.1, 0.15) is 30.6 Å². The molecule has 0 radical (unpaired) electrons. The van der Waals surface area contributed by atoms with Crippen LogP contribution in [-0.2, 0) is 0 Å². The molecular formula is C14H19N3O3. The van der Waals surface area contributed by atoms with Crippen molar-refractivity contribution in [3.63, 3.8) is 0 Å². The first-order valence-electron chi connectivity index (χ1n) is 6.71. The van der Waals surface area contributed by atoms with Gasteiger partial charge in [0.1, 0.15) is 0 Å². The van der Waals surface area contributed by atoms with Crippen LogP contribution in [0.5, 0.6) is 0 Å². The van der Waals surface area contributed by atoms with E-state index in [2.05, 4.69) is 13.8 Å². The van der Waals surface area contributed by atoms with Crippen molar-refractivity contribution in [2.75, 3.05) is 18.8 Å². The molecule has 6 heteroatoms. The molecule has 1 aromatic rings. The van der Waals surface area contributed by atoms with Crippen LogP contribution < -0.4 is 5.73 Å². The van der Waals surface area contributed by atoms with Gasteiger partial charge < -0.3 is 10.6 Å². The lowest BCUT2D eigenvalue weighted by molar-refractivity contribution is -0.384. The Balaban J connectivity index is 2.28. The number of hydrogen-bond donors (Lipinski definition) is 1. The third kappa shape index (κ3) is 2.89. The highest BCUT2D eigenvalue weighted by Crippen LogP contribution is 2.26. The Labute approximate surface area is 117 Å². The van der Waals surface area contributed by atoms with Crippen molar-refractivity contribution in [2.45, 2.75) is 20.3 Å². The molecule has 2 unspecified atom stereocenters. The molecule has 0 spiro atoms. The quantitative estimate of drug-likeness (QED) is 0.510. The molecule has 0 bridgehead atoms. The second kappa shape index (κ2) is 5.48. The summed E-state index contributed by atoms with van der Waals surface area (Å²) in [6, 6.07) is 4.00. The summed E-state index contributed by atoms with van der Waals surface area (Å²) in [4.78, 5) is 24.5. The molecule has 2 rings (SSSR count). The molecule has 2 atom stereocenters. The van der Waals surface area contributed by atoms with Gasteiger partial charge in [0.05, 0.1) is 10.5 Å². The van der Waals surface area contributed by atoms with E-state index < -0.39 is 4.92 Å². The molecule has 1 saturated heterocycles. The Morgan fingerprint density at radius 3 is 2.50 bits per heavy atom. The van der Waals surface area contributed by atoms with Crippen LogP contribution in [0.15, 0.2) is 18.2 Å². The lowest BCUT2D eigenvalue weighted by Gasteiger charge is -2.35. The van der Waals surface area contributed by atoms with Gasteiger partial charge in [0.25, 0.3) is 11.6 Å². The largest absolute Gasteiger partial charge is 0.398 e. The van der Waals surface area contributed by atoms with Crippen molar-refractivity contribution in [2.24, 2.45) is 11.8 Å². The molecule has 1 fully saturated rings. The van der Waals surface area contributed by atoms with Crippen molar-refractivity contribution in [3.05, 3.63) is 33.9 Å². The van der Waals surface area contributed by atoms with E-state index in [1.54, 1.807) is 4.90 Å². The summed E-state index contributed by atoms with van der Waals surface area (Å²) in [5, 5.41) is 10.8. The highest BCUT2D eigenvalue weighted by atomic mass is 16.6. The Morgan fingerprint density at radius 2 is 1.95 bits per heavy atom. The Morgan fingerprint density at radius 1 is 1.35 bits per heavy atom. The first kappa shape index (κ1) is 14.3. The zero-order valence-electron chi connectivity index (χ0n) is 11.7. The summed E-state index contributed by atoms with van der Waals surface area (Å²) < 4.78 is 0. The average molecular weight is 277 g/mol. The molecular weight excluding hydrogens is 258 g/mol. The van der Waals surface area contributed by atoms with E-state index in [0.29, 0.717) is 24.9 Å². The van der Waals surface area contributed by atoms with Gasteiger partial charge in [-0.25, -0.2) is 0 Å². The minimum atomic E-state index is -0.516. The number of nitrogens with zero attached hydrogens (tertiary/aromatic N) is 2. The number of nitro benzene ring substituents is 1. The lowest BCUT2D eigenvalue weighted by Crippen LogP contribution is -2.42. The monoisotopic (exact) mass is 277 g/mol. The van der Waals surface area contributed by atoms with Crippen molar-refractivity contribution >= 4 is 17.3 Å². The predicted octanol–water partition coefficient (Wildman–Crippen LogP) is 2.30. The number of likely N-dealkylation sites (tertiary alicyclic amines) is 1. The fourth-order valence-corrected chi connectivity index (χ4v) is 2.84. The van der Waals surface area contributed by atoms with E-state index in [0.717, 1.165) is 6.42 Å². The van der Waals surface area contributed by atoms with Gasteiger partial charge in [-0.3, -0.25) is 14.9 Å². The minimum Gasteiger partial charge on any atom is -0.398 e. The normalized spacial score (nSPS) is 22.6. The van der Waals surface area contributed by atoms with Crippen molar-refractivity contribution in [1.29, 1.82) is 0 Å². The van der Waals surface area contributed by atoms with Crippen LogP contribution in [0.25, 0.3) is 0 Å². The molecule has 1 amide bonds. The number of anilines is 1. The molecule has 108 valence electrons. The summed E-state index contributed by atoms with van der Waals surface area (Å²) in [6.07, 6.45) is 1.09. The number of carbonyl (C=O) groups is 1. The van der Waals surface area contributed by atoms with Gasteiger partial charge in [0, 0.05) is 30.9 Å². The number of non-ortho nitro benzene ring substituents is 1. The molecule has 0 aliphatic carbocycles. The van der Waals surface area contributed by atoms with Gasteiger partial charge >= 0.3 is 0 Å². The van der Waals surface area contributed by atoms with Crippen LogP contribution in [0.3, 0.4) is 0 Å². The minimum absolute atomic E-state index is 0.111. The first-order chi connectivity index (χ1) is 9.38. The van der Waals surface area contributed by atoms with E-state index >= 15 is 0 Å². The van der Waals surface area contributed by atoms with E-state index in [1.807, 2.05) is 0 Å². The highest BCUT2D eigenvalue weighted by molar-refractivity contribution is 5.99. The maximum Gasteiger partial charge on any atom is 0.270 e. The van der Waals surface area contributed by atoms with E-state index in [-0.39, 0.29) is 22.8 Å². The fraction of sp³-hybridized carbons (Fsp3) is 0.500. The maximum atomic E-state index is 12.5. The van der Waals surface area contributed by atoms with Gasteiger partial charge in [0.2, 0.25) is 0 Å². The van der Waals surface area contributed by atoms with E-state index in [1.165, 1.54) is 18.2 Å². The van der Waals surface area contributed by atoms with Crippen LogP contribution >= 0.6 is 0 Å². The molecule has 1 aliphatic rings. The number of carbonyl (C=O) groups excluding carboxylic acids is 1. The van der Waals surface area contributed by atoms with Crippen LogP contribution in [0.4, 0.5) is 11.4 Å². The second-order valence-electron chi connectivity index (χ2n) is 5.68. The molecule has 0 saturated carbocycles. The number of hydrogen-bond acceptors (Lipinski definition) is 4. The third-order valence-corrected chi connectivity index (χ3v) is 3.63. The summed E-state index contributed by atoms with van der Waals surface area (Å²) in [5.74, 6) is 0.648. The lowest BCUT2D eigenvalue weighted by atomic mass is 9.91. The number of nitrogens with two attached hydrogens (primary N) is 1. The summed E-state index contributed by atoms with van der Waals surface area (Å²) >= 11 is 0. The van der Waals surface area contributed by atoms with Gasteiger partial charge in [-0.2, -0.15) is 0 Å².